The molecule has 3 rings (SSSR count). The molecule has 0 fully saturated rings. The zero-order chi connectivity index (χ0) is 23.3. The van der Waals surface area contributed by atoms with E-state index in [2.05, 4.69) is 10.3 Å². The van der Waals surface area contributed by atoms with Crippen LogP contribution in [0.5, 0.6) is 5.75 Å². The Balaban J connectivity index is 1.57. The molecule has 0 aliphatic rings. The fourth-order valence-corrected chi connectivity index (χ4v) is 3.04. The summed E-state index contributed by atoms with van der Waals surface area (Å²) in [5.41, 5.74) is 3.19. The van der Waals surface area contributed by atoms with Gasteiger partial charge in [0.1, 0.15) is 5.75 Å². The summed E-state index contributed by atoms with van der Waals surface area (Å²) in [6, 6.07) is 14.3. The molecule has 1 heterocycles. The molecule has 1 N–H and O–H groups in total. The third kappa shape index (κ3) is 5.60. The highest BCUT2D eigenvalue weighted by atomic mass is 16.5. The number of ether oxygens (including phenoxy) is 2. The molecule has 2 aromatic carbocycles. The van der Waals surface area contributed by atoms with Gasteiger partial charge < -0.3 is 19.7 Å². The number of anilines is 1. The van der Waals surface area contributed by atoms with Crippen LogP contribution in [-0.4, -0.2) is 55.0 Å². The van der Waals surface area contributed by atoms with Gasteiger partial charge in [0, 0.05) is 18.1 Å². The monoisotopic (exact) mass is 435 g/mol. The molecule has 8 nitrogen and oxygen atoms in total. The van der Waals surface area contributed by atoms with Crippen molar-refractivity contribution in [2.75, 3.05) is 32.6 Å². The van der Waals surface area contributed by atoms with Gasteiger partial charge >= 0.3 is 5.97 Å². The molecule has 0 bridgehead atoms. The summed E-state index contributed by atoms with van der Waals surface area (Å²) >= 11 is 0. The number of aryl methyl sites for hydroxylation is 2. The SMILES string of the molecule is COc1ccc2nc(C)c(C(=O)OCC(=O)N(C)CC(=O)Nc3ccc(C)cc3)cc2c1. The van der Waals surface area contributed by atoms with Gasteiger partial charge in [-0.15, -0.1) is 0 Å². The van der Waals surface area contributed by atoms with Crippen molar-refractivity contribution in [3.8, 4) is 5.75 Å². The predicted octanol–water partition coefficient (Wildman–Crippen LogP) is 3.11. The first-order valence-electron chi connectivity index (χ1n) is 10.00. The van der Waals surface area contributed by atoms with Gasteiger partial charge in [0.05, 0.1) is 30.4 Å². The van der Waals surface area contributed by atoms with Gasteiger partial charge in [-0.1, -0.05) is 17.7 Å². The van der Waals surface area contributed by atoms with E-state index in [1.54, 1.807) is 50.4 Å². The Morgan fingerprint density at radius 1 is 1.03 bits per heavy atom. The molecule has 32 heavy (non-hydrogen) atoms. The van der Waals surface area contributed by atoms with Gasteiger partial charge in [-0.2, -0.15) is 0 Å². The largest absolute Gasteiger partial charge is 0.497 e. The van der Waals surface area contributed by atoms with Gasteiger partial charge in [-0.05, 0) is 50.2 Å². The van der Waals surface area contributed by atoms with Crippen LogP contribution in [0.15, 0.2) is 48.5 Å². The van der Waals surface area contributed by atoms with Crippen molar-refractivity contribution in [2.45, 2.75) is 13.8 Å². The molecule has 0 atom stereocenters. The van der Waals surface area contributed by atoms with E-state index in [1.165, 1.54) is 11.9 Å². The minimum absolute atomic E-state index is 0.166. The maximum atomic E-state index is 12.5. The lowest BCUT2D eigenvalue weighted by atomic mass is 10.1. The molecule has 0 saturated carbocycles. The number of likely N-dealkylation sites (N-methyl/N-ethyl adjacent to an activating group) is 1. The van der Waals surface area contributed by atoms with Crippen LogP contribution in [0.25, 0.3) is 10.9 Å². The lowest BCUT2D eigenvalue weighted by Crippen LogP contribution is -2.37. The summed E-state index contributed by atoms with van der Waals surface area (Å²) in [6.07, 6.45) is 0. The second kappa shape index (κ2) is 9.91. The lowest BCUT2D eigenvalue weighted by Gasteiger charge is -2.17. The molecule has 0 saturated heterocycles. The number of nitrogens with one attached hydrogen (secondary N) is 1. The summed E-state index contributed by atoms with van der Waals surface area (Å²) in [4.78, 5) is 42.6. The molecular weight excluding hydrogens is 410 g/mol. The third-order valence-electron chi connectivity index (χ3n) is 4.90. The van der Waals surface area contributed by atoms with Crippen LogP contribution in [0.1, 0.15) is 21.6 Å². The normalized spacial score (nSPS) is 10.5. The first-order chi connectivity index (χ1) is 15.3. The van der Waals surface area contributed by atoms with E-state index < -0.39 is 18.5 Å². The van der Waals surface area contributed by atoms with Crippen LogP contribution in [0.3, 0.4) is 0 Å². The number of carbonyl (C=O) groups excluding carboxylic acids is 3. The minimum atomic E-state index is -0.662. The predicted molar refractivity (Wildman–Crippen MR) is 121 cm³/mol. The average Bonchev–Trinajstić information content (AvgIpc) is 2.77. The highest BCUT2D eigenvalue weighted by Crippen LogP contribution is 2.22. The van der Waals surface area contributed by atoms with Gasteiger partial charge in [0.25, 0.3) is 5.91 Å². The van der Waals surface area contributed by atoms with E-state index in [9.17, 15) is 14.4 Å². The Morgan fingerprint density at radius 3 is 2.44 bits per heavy atom. The van der Waals surface area contributed by atoms with E-state index in [4.69, 9.17) is 9.47 Å². The number of hydrogen-bond acceptors (Lipinski definition) is 6. The fraction of sp³-hybridized carbons (Fsp3) is 0.250. The molecule has 0 spiro atoms. The van der Waals surface area contributed by atoms with Crippen molar-refractivity contribution < 1.29 is 23.9 Å². The van der Waals surface area contributed by atoms with Crippen molar-refractivity contribution in [1.29, 1.82) is 0 Å². The first kappa shape index (κ1) is 22.7. The Labute approximate surface area is 186 Å². The Kier molecular flexibility index (Phi) is 7.04. The van der Waals surface area contributed by atoms with E-state index in [0.717, 1.165) is 16.5 Å². The maximum Gasteiger partial charge on any atom is 0.340 e. The number of benzene rings is 2. The molecule has 2 amide bonds. The number of amides is 2. The van der Waals surface area contributed by atoms with Crippen LogP contribution >= 0.6 is 0 Å². The smallest absolute Gasteiger partial charge is 0.340 e. The van der Waals surface area contributed by atoms with Crippen LogP contribution in [-0.2, 0) is 14.3 Å². The molecule has 1 aromatic heterocycles. The molecular formula is C24H25N3O5. The summed E-state index contributed by atoms with van der Waals surface area (Å²) in [6.45, 7) is 3.00. The Bertz CT molecular complexity index is 1160. The summed E-state index contributed by atoms with van der Waals surface area (Å²) in [7, 11) is 3.03. The van der Waals surface area contributed by atoms with Crippen LogP contribution in [0.4, 0.5) is 5.69 Å². The van der Waals surface area contributed by atoms with Crippen molar-refractivity contribution in [3.63, 3.8) is 0 Å². The van der Waals surface area contributed by atoms with Gasteiger partial charge in [0.2, 0.25) is 5.91 Å². The number of nitrogens with zero attached hydrogens (tertiary/aromatic N) is 2. The van der Waals surface area contributed by atoms with Gasteiger partial charge in [0.15, 0.2) is 6.61 Å². The molecule has 3 aromatic rings. The molecule has 0 radical (unpaired) electrons. The minimum Gasteiger partial charge on any atom is -0.497 e. The number of hydrogen-bond donors (Lipinski definition) is 1. The van der Waals surface area contributed by atoms with E-state index in [1.807, 2.05) is 19.1 Å². The first-order valence-corrected chi connectivity index (χ1v) is 10.00. The molecule has 0 aliphatic carbocycles. The maximum absolute atomic E-state index is 12.5. The number of carbonyl (C=O) groups is 3. The number of rotatable bonds is 7. The number of aromatic nitrogens is 1. The lowest BCUT2D eigenvalue weighted by molar-refractivity contribution is -0.136. The second-order valence-corrected chi connectivity index (χ2v) is 7.42. The molecule has 166 valence electrons. The number of methoxy groups -OCH3 is 1. The Morgan fingerprint density at radius 2 is 1.75 bits per heavy atom. The average molecular weight is 435 g/mol. The van der Waals surface area contributed by atoms with E-state index >= 15 is 0 Å². The standard InChI is InChI=1S/C24H25N3O5/c1-15-5-7-18(8-6-15)26-22(28)13-27(3)23(29)14-32-24(30)20-12-17-11-19(31-4)9-10-21(17)25-16(20)2/h5-12H,13-14H2,1-4H3,(H,26,28). The van der Waals surface area contributed by atoms with Crippen LogP contribution in [0, 0.1) is 13.8 Å². The number of esters is 1. The summed E-state index contributed by atoms with van der Waals surface area (Å²) in [5.74, 6) is -0.862. The highest BCUT2D eigenvalue weighted by molar-refractivity contribution is 5.97. The van der Waals surface area contributed by atoms with Crippen molar-refractivity contribution in [1.82, 2.24) is 9.88 Å². The zero-order valence-electron chi connectivity index (χ0n) is 18.5. The number of pyridine rings is 1. The van der Waals surface area contributed by atoms with E-state index in [0.29, 0.717) is 17.1 Å². The van der Waals surface area contributed by atoms with Crippen LogP contribution < -0.4 is 10.1 Å². The Hall–Kier alpha value is -3.94. The van der Waals surface area contributed by atoms with Gasteiger partial charge in [-0.25, -0.2) is 4.79 Å². The van der Waals surface area contributed by atoms with Crippen LogP contribution in [0.2, 0.25) is 0 Å². The van der Waals surface area contributed by atoms with E-state index in [-0.39, 0.29) is 18.0 Å². The summed E-state index contributed by atoms with van der Waals surface area (Å²) < 4.78 is 10.4. The summed E-state index contributed by atoms with van der Waals surface area (Å²) in [5, 5.41) is 3.44. The highest BCUT2D eigenvalue weighted by Gasteiger charge is 2.18. The quantitative estimate of drug-likeness (QED) is 0.573. The molecule has 0 unspecified atom stereocenters. The van der Waals surface area contributed by atoms with Crippen molar-refractivity contribution >= 4 is 34.4 Å². The molecule has 8 heteroatoms. The fourth-order valence-electron chi connectivity index (χ4n) is 3.04. The zero-order valence-corrected chi connectivity index (χ0v) is 18.5. The molecule has 0 aliphatic heterocycles. The third-order valence-corrected chi connectivity index (χ3v) is 4.90. The van der Waals surface area contributed by atoms with Gasteiger partial charge in [-0.3, -0.25) is 14.6 Å². The second-order valence-electron chi connectivity index (χ2n) is 7.42. The number of fused-ring (bicyclic) bond motifs is 1. The topological polar surface area (TPSA) is 97.8 Å². The van der Waals surface area contributed by atoms with Crippen molar-refractivity contribution in [2.24, 2.45) is 0 Å². The van der Waals surface area contributed by atoms with Crippen molar-refractivity contribution in [3.05, 3.63) is 65.4 Å².